The predicted molar refractivity (Wildman–Crippen MR) is 118 cm³/mol. The fourth-order valence-electron chi connectivity index (χ4n) is 3.52. The zero-order chi connectivity index (χ0) is 21.3. The van der Waals surface area contributed by atoms with E-state index >= 15 is 0 Å². The van der Waals surface area contributed by atoms with Crippen LogP contribution in [0.1, 0.15) is 34.7 Å². The molecular formula is C24H24N2O3S. The van der Waals surface area contributed by atoms with Crippen LogP contribution >= 0.6 is 0 Å². The molecule has 0 fully saturated rings. The summed E-state index contributed by atoms with van der Waals surface area (Å²) in [4.78, 5) is 0.237. The third kappa shape index (κ3) is 3.83. The van der Waals surface area contributed by atoms with Crippen molar-refractivity contribution in [1.82, 2.24) is 4.41 Å². The van der Waals surface area contributed by atoms with Crippen molar-refractivity contribution in [3.8, 4) is 5.75 Å². The van der Waals surface area contributed by atoms with Crippen LogP contribution in [0.3, 0.4) is 0 Å². The summed E-state index contributed by atoms with van der Waals surface area (Å²) in [7, 11) is -2.19. The first-order valence-electron chi connectivity index (χ1n) is 9.78. The smallest absolute Gasteiger partial charge is 0.279 e. The number of sulfonamides is 1. The van der Waals surface area contributed by atoms with Crippen molar-refractivity contribution < 1.29 is 13.2 Å². The van der Waals surface area contributed by atoms with Gasteiger partial charge in [-0.2, -0.15) is 17.9 Å². The minimum Gasteiger partial charge on any atom is -0.497 e. The summed E-state index contributed by atoms with van der Waals surface area (Å²) in [6.45, 7) is 3.95. The standard InChI is InChI=1S/C24H24N2O3S/c1-17-4-8-19(9-5-17)23-16-24(20-10-12-21(29-3)13-11-20)26(25-23)30(27,28)22-14-6-18(2)7-15-22/h4-15,24H,16H2,1-3H3/t24-/m1/s1. The summed E-state index contributed by atoms with van der Waals surface area (Å²) in [6, 6.07) is 21.9. The van der Waals surface area contributed by atoms with Crippen LogP contribution in [0.4, 0.5) is 0 Å². The molecule has 1 aliphatic rings. The Hall–Kier alpha value is -3.12. The molecule has 3 aromatic rings. The number of rotatable bonds is 5. The Bertz CT molecular complexity index is 1170. The molecule has 30 heavy (non-hydrogen) atoms. The SMILES string of the molecule is COc1ccc([C@H]2CC(c3ccc(C)cc3)=NN2S(=O)(=O)c2ccc(C)cc2)cc1. The lowest BCUT2D eigenvalue weighted by Crippen LogP contribution is -2.27. The number of hydrazone groups is 1. The molecule has 154 valence electrons. The fourth-order valence-corrected chi connectivity index (χ4v) is 4.96. The molecule has 0 bridgehead atoms. The maximum Gasteiger partial charge on any atom is 0.279 e. The van der Waals surface area contributed by atoms with E-state index in [-0.39, 0.29) is 4.90 Å². The molecule has 0 saturated carbocycles. The number of nitrogens with zero attached hydrogens (tertiary/aromatic N) is 2. The first-order valence-corrected chi connectivity index (χ1v) is 11.2. The summed E-state index contributed by atoms with van der Waals surface area (Å²) in [5.74, 6) is 0.726. The monoisotopic (exact) mass is 420 g/mol. The molecule has 1 heterocycles. The molecule has 1 aliphatic heterocycles. The number of methoxy groups -OCH3 is 1. The summed E-state index contributed by atoms with van der Waals surface area (Å²) in [6.07, 6.45) is 0.500. The van der Waals surface area contributed by atoms with Crippen LogP contribution in [0.5, 0.6) is 5.75 Å². The molecule has 5 nitrogen and oxygen atoms in total. The van der Waals surface area contributed by atoms with E-state index in [1.165, 1.54) is 4.41 Å². The highest BCUT2D eigenvalue weighted by Gasteiger charge is 2.37. The van der Waals surface area contributed by atoms with E-state index in [0.29, 0.717) is 6.42 Å². The van der Waals surface area contributed by atoms with E-state index in [9.17, 15) is 8.42 Å². The van der Waals surface area contributed by atoms with Gasteiger partial charge in [-0.15, -0.1) is 0 Å². The Balaban J connectivity index is 1.78. The number of hydrogen-bond acceptors (Lipinski definition) is 4. The molecule has 1 atom stereocenters. The Morgan fingerprint density at radius 2 is 1.43 bits per heavy atom. The molecule has 0 aliphatic carbocycles. The predicted octanol–water partition coefficient (Wildman–Crippen LogP) is 4.85. The summed E-state index contributed by atoms with van der Waals surface area (Å²) in [5.41, 5.74) is 4.71. The van der Waals surface area contributed by atoms with E-state index in [2.05, 4.69) is 5.10 Å². The van der Waals surface area contributed by atoms with Gasteiger partial charge in [0, 0.05) is 6.42 Å². The van der Waals surface area contributed by atoms with Crippen molar-refractivity contribution in [2.45, 2.75) is 31.2 Å². The molecular weight excluding hydrogens is 396 g/mol. The van der Waals surface area contributed by atoms with Gasteiger partial charge in [-0.05, 0) is 49.2 Å². The van der Waals surface area contributed by atoms with E-state index < -0.39 is 16.1 Å². The lowest BCUT2D eigenvalue weighted by molar-refractivity contribution is 0.370. The van der Waals surface area contributed by atoms with Crippen molar-refractivity contribution >= 4 is 15.7 Å². The average molecular weight is 421 g/mol. The minimum atomic E-state index is -3.80. The van der Waals surface area contributed by atoms with Gasteiger partial charge in [0.15, 0.2) is 0 Å². The quantitative estimate of drug-likeness (QED) is 0.593. The number of hydrogen-bond donors (Lipinski definition) is 0. The van der Waals surface area contributed by atoms with Crippen molar-refractivity contribution in [2.24, 2.45) is 5.10 Å². The first kappa shape index (κ1) is 20.2. The van der Waals surface area contributed by atoms with Gasteiger partial charge in [-0.3, -0.25) is 0 Å². The van der Waals surface area contributed by atoms with E-state index in [4.69, 9.17) is 4.74 Å². The highest BCUT2D eigenvalue weighted by atomic mass is 32.2. The molecule has 0 spiro atoms. The molecule has 0 saturated heterocycles. The molecule has 0 N–H and O–H groups in total. The van der Waals surface area contributed by atoms with Gasteiger partial charge in [-0.25, -0.2) is 0 Å². The summed E-state index contributed by atoms with van der Waals surface area (Å²) >= 11 is 0. The largest absolute Gasteiger partial charge is 0.497 e. The van der Waals surface area contributed by atoms with Crippen LogP contribution in [-0.4, -0.2) is 25.7 Å². The highest BCUT2D eigenvalue weighted by Crippen LogP contribution is 2.37. The van der Waals surface area contributed by atoms with Gasteiger partial charge in [0.05, 0.1) is 23.8 Å². The lowest BCUT2D eigenvalue weighted by Gasteiger charge is -2.23. The Morgan fingerprint density at radius 1 is 0.867 bits per heavy atom. The second kappa shape index (κ2) is 7.95. The average Bonchev–Trinajstić information content (AvgIpc) is 3.21. The van der Waals surface area contributed by atoms with Crippen LogP contribution < -0.4 is 4.74 Å². The number of aryl methyl sites for hydroxylation is 2. The van der Waals surface area contributed by atoms with Gasteiger partial charge < -0.3 is 4.74 Å². The Kier molecular flexibility index (Phi) is 5.35. The fraction of sp³-hybridized carbons (Fsp3) is 0.208. The molecule has 3 aromatic carbocycles. The zero-order valence-corrected chi connectivity index (χ0v) is 18.1. The third-order valence-electron chi connectivity index (χ3n) is 5.32. The van der Waals surface area contributed by atoms with Crippen molar-refractivity contribution in [1.29, 1.82) is 0 Å². The third-order valence-corrected chi connectivity index (χ3v) is 7.02. The second-order valence-corrected chi connectivity index (χ2v) is 9.29. The lowest BCUT2D eigenvalue weighted by atomic mass is 9.98. The normalized spacial score (nSPS) is 16.4. The summed E-state index contributed by atoms with van der Waals surface area (Å²) < 4.78 is 33.5. The highest BCUT2D eigenvalue weighted by molar-refractivity contribution is 7.89. The summed E-state index contributed by atoms with van der Waals surface area (Å²) in [5, 5.41) is 4.59. The topological polar surface area (TPSA) is 59.0 Å². The van der Waals surface area contributed by atoms with Crippen molar-refractivity contribution in [3.63, 3.8) is 0 Å². The second-order valence-electron chi connectivity index (χ2n) is 7.50. The number of benzene rings is 3. The van der Waals surface area contributed by atoms with Gasteiger partial charge in [0.1, 0.15) is 5.75 Å². The van der Waals surface area contributed by atoms with E-state index in [1.807, 2.05) is 62.4 Å². The van der Waals surface area contributed by atoms with Crippen LogP contribution in [0.2, 0.25) is 0 Å². The molecule has 4 rings (SSSR count). The van der Waals surface area contributed by atoms with E-state index in [1.54, 1.807) is 31.4 Å². The molecule has 0 radical (unpaired) electrons. The zero-order valence-electron chi connectivity index (χ0n) is 17.2. The molecule has 0 amide bonds. The van der Waals surface area contributed by atoms with Crippen molar-refractivity contribution in [2.75, 3.05) is 7.11 Å². The number of ether oxygens (including phenoxy) is 1. The maximum absolute atomic E-state index is 13.5. The Morgan fingerprint density at radius 3 is 2.00 bits per heavy atom. The van der Waals surface area contributed by atoms with E-state index in [0.717, 1.165) is 33.7 Å². The van der Waals surface area contributed by atoms with Gasteiger partial charge >= 0.3 is 0 Å². The van der Waals surface area contributed by atoms with Gasteiger partial charge in [0.25, 0.3) is 10.0 Å². The maximum atomic E-state index is 13.5. The first-order chi connectivity index (χ1) is 14.4. The van der Waals surface area contributed by atoms with Crippen molar-refractivity contribution in [3.05, 3.63) is 95.1 Å². The van der Waals surface area contributed by atoms with Crippen LogP contribution in [0.15, 0.2) is 82.8 Å². The van der Waals surface area contributed by atoms with Gasteiger partial charge in [-0.1, -0.05) is 59.7 Å². The van der Waals surface area contributed by atoms with Gasteiger partial charge in [0.2, 0.25) is 0 Å². The van der Waals surface area contributed by atoms with Crippen LogP contribution in [-0.2, 0) is 10.0 Å². The Labute approximate surface area is 177 Å². The molecule has 0 aromatic heterocycles. The van der Waals surface area contributed by atoms with Crippen LogP contribution in [0, 0.1) is 13.8 Å². The molecule has 6 heteroatoms. The van der Waals surface area contributed by atoms with Crippen LogP contribution in [0.25, 0.3) is 0 Å². The molecule has 0 unspecified atom stereocenters. The minimum absolute atomic E-state index is 0.237.